The number of halogens is 2. The zero-order valence-corrected chi connectivity index (χ0v) is 17.4. The summed E-state index contributed by atoms with van der Waals surface area (Å²) in [7, 11) is 0. The minimum atomic E-state index is -1.31. The number of nitrogens with one attached hydrogen (secondary N) is 1. The Balaban J connectivity index is 1.53. The molecule has 2 amide bonds. The topological polar surface area (TPSA) is 58.6 Å². The molecule has 2 aliphatic rings. The van der Waals surface area contributed by atoms with Crippen molar-refractivity contribution in [2.24, 2.45) is 5.41 Å². The number of carbonyl (C=O) groups is 2. The highest BCUT2D eigenvalue weighted by molar-refractivity contribution is 6.30. The lowest BCUT2D eigenvalue weighted by Crippen LogP contribution is -2.55. The number of piperidine rings is 1. The van der Waals surface area contributed by atoms with Gasteiger partial charge in [-0.2, -0.15) is 0 Å². The normalized spacial score (nSPS) is 23.8. The van der Waals surface area contributed by atoms with Gasteiger partial charge in [-0.3, -0.25) is 4.79 Å². The molecular weight excluding hydrogens is 383 g/mol. The third-order valence-electron chi connectivity index (χ3n) is 5.30. The van der Waals surface area contributed by atoms with E-state index in [0.29, 0.717) is 24.4 Å². The molecule has 0 aromatic heterocycles. The third kappa shape index (κ3) is 5.16. The Labute approximate surface area is 170 Å². The number of hydrogen-bond acceptors (Lipinski definition) is 3. The van der Waals surface area contributed by atoms with Crippen molar-refractivity contribution in [1.82, 2.24) is 10.2 Å². The molecule has 1 heterocycles. The van der Waals surface area contributed by atoms with Gasteiger partial charge in [0, 0.05) is 11.6 Å². The number of likely N-dealkylation sites (tertiary alicyclic amines) is 1. The van der Waals surface area contributed by atoms with Gasteiger partial charge in [0.05, 0.1) is 18.0 Å². The van der Waals surface area contributed by atoms with Crippen molar-refractivity contribution in [3.63, 3.8) is 0 Å². The zero-order valence-electron chi connectivity index (χ0n) is 16.6. The van der Waals surface area contributed by atoms with Gasteiger partial charge in [-0.05, 0) is 64.2 Å². The van der Waals surface area contributed by atoms with E-state index in [1.807, 2.05) is 24.3 Å². The number of amides is 2. The van der Waals surface area contributed by atoms with Crippen LogP contribution >= 0.6 is 11.6 Å². The predicted octanol–water partition coefficient (Wildman–Crippen LogP) is 4.13. The van der Waals surface area contributed by atoms with E-state index in [2.05, 4.69) is 5.32 Å². The summed E-state index contributed by atoms with van der Waals surface area (Å²) in [6, 6.07) is 6.90. The molecule has 7 heteroatoms. The van der Waals surface area contributed by atoms with Crippen LogP contribution in [0, 0.1) is 5.41 Å². The highest BCUT2D eigenvalue weighted by Crippen LogP contribution is 2.49. The van der Waals surface area contributed by atoms with Gasteiger partial charge < -0.3 is 15.0 Å². The fourth-order valence-corrected chi connectivity index (χ4v) is 3.64. The molecule has 1 N–H and O–H groups in total. The minimum Gasteiger partial charge on any atom is -0.444 e. The average Bonchev–Trinajstić information content (AvgIpc) is 3.38. The summed E-state index contributed by atoms with van der Waals surface area (Å²) in [6.45, 7) is 5.64. The second-order valence-electron chi connectivity index (χ2n) is 8.89. The van der Waals surface area contributed by atoms with E-state index in [4.69, 9.17) is 16.3 Å². The molecule has 1 saturated carbocycles. The summed E-state index contributed by atoms with van der Waals surface area (Å²) in [5.74, 6) is -0.0965. The van der Waals surface area contributed by atoms with Crippen LogP contribution in [0.3, 0.4) is 0 Å². The molecule has 0 unspecified atom stereocenters. The van der Waals surface area contributed by atoms with Gasteiger partial charge in [0.1, 0.15) is 11.8 Å². The van der Waals surface area contributed by atoms with E-state index in [-0.39, 0.29) is 12.5 Å². The van der Waals surface area contributed by atoms with Crippen LogP contribution in [0.15, 0.2) is 24.3 Å². The number of ether oxygens (including phenoxy) is 1. The van der Waals surface area contributed by atoms with Crippen LogP contribution in [0.25, 0.3) is 0 Å². The largest absolute Gasteiger partial charge is 0.444 e. The first-order valence-corrected chi connectivity index (χ1v) is 10.1. The van der Waals surface area contributed by atoms with Crippen LogP contribution in [0.5, 0.6) is 0 Å². The minimum absolute atomic E-state index is 0.0654. The lowest BCUT2D eigenvalue weighted by Gasteiger charge is -2.36. The van der Waals surface area contributed by atoms with Crippen LogP contribution in [0.4, 0.5) is 9.18 Å². The van der Waals surface area contributed by atoms with E-state index in [9.17, 15) is 14.0 Å². The van der Waals surface area contributed by atoms with Crippen molar-refractivity contribution in [1.29, 1.82) is 0 Å². The first-order chi connectivity index (χ1) is 13.1. The third-order valence-corrected chi connectivity index (χ3v) is 5.55. The number of nitrogens with zero attached hydrogens (tertiary/aromatic N) is 1. The predicted molar refractivity (Wildman–Crippen MR) is 106 cm³/mol. The number of alkyl halides is 1. The van der Waals surface area contributed by atoms with E-state index in [0.717, 1.165) is 18.4 Å². The number of rotatable bonds is 4. The number of benzene rings is 1. The Morgan fingerprint density at radius 1 is 1.29 bits per heavy atom. The van der Waals surface area contributed by atoms with Gasteiger partial charge in [-0.1, -0.05) is 23.7 Å². The van der Waals surface area contributed by atoms with E-state index >= 15 is 0 Å². The molecule has 0 spiro atoms. The van der Waals surface area contributed by atoms with Crippen LogP contribution in [-0.2, 0) is 16.0 Å². The van der Waals surface area contributed by atoms with Gasteiger partial charge in [0.25, 0.3) is 0 Å². The summed E-state index contributed by atoms with van der Waals surface area (Å²) in [6.07, 6.45) is 0.787. The van der Waals surface area contributed by atoms with Crippen LogP contribution < -0.4 is 5.32 Å². The van der Waals surface area contributed by atoms with E-state index in [1.54, 1.807) is 20.8 Å². The lowest BCUT2D eigenvalue weighted by atomic mass is 9.94. The molecule has 5 nitrogen and oxygen atoms in total. The first-order valence-electron chi connectivity index (χ1n) is 9.75. The van der Waals surface area contributed by atoms with Crippen LogP contribution in [0.1, 0.15) is 45.6 Å². The monoisotopic (exact) mass is 410 g/mol. The number of carbonyl (C=O) groups excluding carboxylic acids is 2. The summed E-state index contributed by atoms with van der Waals surface area (Å²) in [5, 5.41) is 3.55. The molecule has 2 atom stereocenters. The molecule has 1 aromatic rings. The fraction of sp³-hybridized carbons (Fsp3) is 0.619. The van der Waals surface area contributed by atoms with Crippen molar-refractivity contribution in [2.45, 2.75) is 64.3 Å². The van der Waals surface area contributed by atoms with E-state index in [1.165, 1.54) is 4.90 Å². The Hall–Kier alpha value is -1.82. The lowest BCUT2D eigenvalue weighted by molar-refractivity contribution is -0.128. The Morgan fingerprint density at radius 3 is 2.46 bits per heavy atom. The Kier molecular flexibility index (Phi) is 5.89. The van der Waals surface area contributed by atoms with Crippen molar-refractivity contribution < 1.29 is 18.7 Å². The Bertz CT molecular complexity index is 728. The molecular formula is C21H28ClFN2O3. The molecule has 154 valence electrons. The molecule has 0 radical (unpaired) electrons. The quantitative estimate of drug-likeness (QED) is 0.812. The van der Waals surface area contributed by atoms with Gasteiger partial charge >= 0.3 is 6.09 Å². The molecule has 2 fully saturated rings. The van der Waals surface area contributed by atoms with Crippen molar-refractivity contribution in [2.75, 3.05) is 13.1 Å². The van der Waals surface area contributed by atoms with Crippen molar-refractivity contribution in [3.8, 4) is 0 Å². The SMILES string of the molecule is CC(C)(C)OC(=O)N1CC[C@H](NC(=O)C2(Cc3ccc(Cl)cc3)CC2)[C@@H](F)C1. The zero-order chi connectivity index (χ0) is 20.5. The summed E-state index contributed by atoms with van der Waals surface area (Å²) < 4.78 is 20.0. The molecule has 1 aliphatic heterocycles. The maximum atomic E-state index is 14.7. The van der Waals surface area contributed by atoms with Gasteiger partial charge in [-0.25, -0.2) is 9.18 Å². The fourth-order valence-electron chi connectivity index (χ4n) is 3.51. The molecule has 0 bridgehead atoms. The van der Waals surface area contributed by atoms with Crippen LogP contribution in [0.2, 0.25) is 5.02 Å². The summed E-state index contributed by atoms with van der Waals surface area (Å²) >= 11 is 5.92. The summed E-state index contributed by atoms with van der Waals surface area (Å²) in [5.41, 5.74) is -0.0160. The second-order valence-corrected chi connectivity index (χ2v) is 9.33. The molecule has 1 aromatic carbocycles. The molecule has 1 aliphatic carbocycles. The maximum absolute atomic E-state index is 14.7. The number of hydrogen-bond donors (Lipinski definition) is 1. The van der Waals surface area contributed by atoms with Crippen LogP contribution in [-0.4, -0.2) is 47.8 Å². The maximum Gasteiger partial charge on any atom is 0.410 e. The standard InChI is InChI=1S/C21H28ClFN2O3/c1-20(2,3)28-19(27)25-11-8-17(16(23)13-25)24-18(26)21(9-10-21)12-14-4-6-15(22)7-5-14/h4-7,16-17H,8-13H2,1-3H3,(H,24,26)/t16-,17-/m0/s1. The smallest absolute Gasteiger partial charge is 0.410 e. The van der Waals surface area contributed by atoms with Crippen molar-refractivity contribution in [3.05, 3.63) is 34.9 Å². The van der Waals surface area contributed by atoms with Gasteiger partial charge in [0.15, 0.2) is 0 Å². The molecule has 28 heavy (non-hydrogen) atoms. The molecule has 3 rings (SSSR count). The molecule has 1 saturated heterocycles. The highest BCUT2D eigenvalue weighted by Gasteiger charge is 2.50. The summed E-state index contributed by atoms with van der Waals surface area (Å²) in [4.78, 5) is 26.3. The first kappa shape index (κ1) is 20.9. The van der Waals surface area contributed by atoms with E-state index < -0.39 is 29.3 Å². The van der Waals surface area contributed by atoms with Gasteiger partial charge in [0.2, 0.25) is 5.91 Å². The van der Waals surface area contributed by atoms with Crippen molar-refractivity contribution >= 4 is 23.6 Å². The Morgan fingerprint density at radius 2 is 1.93 bits per heavy atom. The van der Waals surface area contributed by atoms with Gasteiger partial charge in [-0.15, -0.1) is 0 Å². The second kappa shape index (κ2) is 7.90. The highest BCUT2D eigenvalue weighted by atomic mass is 35.5. The average molecular weight is 411 g/mol.